The monoisotopic (exact) mass is 434 g/mol. The lowest BCUT2D eigenvalue weighted by Crippen LogP contribution is -2.11. The van der Waals surface area contributed by atoms with E-state index in [2.05, 4.69) is 29.7 Å². The summed E-state index contributed by atoms with van der Waals surface area (Å²) in [5.41, 5.74) is 10.7. The van der Waals surface area contributed by atoms with Gasteiger partial charge >= 0.3 is 0 Å². The minimum atomic E-state index is -0.413. The molecule has 0 saturated heterocycles. The van der Waals surface area contributed by atoms with Gasteiger partial charge in [-0.15, -0.1) is 0 Å². The summed E-state index contributed by atoms with van der Waals surface area (Å²) in [5, 5.41) is 2.53. The van der Waals surface area contributed by atoms with Crippen LogP contribution in [0, 0.1) is 0 Å². The van der Waals surface area contributed by atoms with Gasteiger partial charge in [0, 0.05) is 28.4 Å². The van der Waals surface area contributed by atoms with Gasteiger partial charge in [0.1, 0.15) is 5.75 Å². The third-order valence-electron chi connectivity index (χ3n) is 5.85. The molecule has 0 atom stereocenters. The van der Waals surface area contributed by atoms with E-state index >= 15 is 0 Å². The summed E-state index contributed by atoms with van der Waals surface area (Å²) in [5.74, 6) is 0.242. The Morgan fingerprint density at radius 2 is 1.84 bits per heavy atom. The number of fused-ring (bicyclic) bond motifs is 3. The largest absolute Gasteiger partial charge is 0.495 e. The molecule has 0 saturated carbocycles. The van der Waals surface area contributed by atoms with Crippen LogP contribution in [-0.4, -0.2) is 17.6 Å². The van der Waals surface area contributed by atoms with Crippen LogP contribution in [0.25, 0.3) is 21.8 Å². The maximum Gasteiger partial charge on any atom is 0.249 e. The van der Waals surface area contributed by atoms with Crippen molar-refractivity contribution in [3.8, 4) is 5.75 Å². The molecule has 1 heterocycles. The van der Waals surface area contributed by atoms with Crippen LogP contribution in [0.4, 0.5) is 0 Å². The Morgan fingerprint density at radius 1 is 1.03 bits per heavy atom. The van der Waals surface area contributed by atoms with Gasteiger partial charge in [0.05, 0.1) is 17.6 Å². The molecule has 2 N–H and O–H groups in total. The van der Waals surface area contributed by atoms with E-state index in [1.165, 1.54) is 24.8 Å². The van der Waals surface area contributed by atoms with Crippen molar-refractivity contribution in [3.63, 3.8) is 0 Å². The summed E-state index contributed by atoms with van der Waals surface area (Å²) in [6, 6.07) is 18.1. The molecule has 0 unspecified atom stereocenters. The highest BCUT2D eigenvalue weighted by Gasteiger charge is 2.17. The molecule has 0 aliphatic carbocycles. The normalized spacial score (nSPS) is 11.3. The number of ether oxygens (including phenoxy) is 1. The van der Waals surface area contributed by atoms with Crippen LogP contribution in [0.3, 0.4) is 0 Å². The quantitative estimate of drug-likeness (QED) is 0.329. The van der Waals surface area contributed by atoms with Crippen molar-refractivity contribution in [1.29, 1.82) is 0 Å². The maximum atomic E-state index is 12.2. The van der Waals surface area contributed by atoms with Gasteiger partial charge in [0.15, 0.2) is 0 Å². The number of halogens is 1. The van der Waals surface area contributed by atoms with E-state index in [0.717, 1.165) is 33.8 Å². The van der Waals surface area contributed by atoms with Crippen LogP contribution < -0.4 is 10.5 Å². The molecule has 1 aromatic heterocycles. The number of benzene rings is 3. The van der Waals surface area contributed by atoms with Gasteiger partial charge < -0.3 is 15.0 Å². The summed E-state index contributed by atoms with van der Waals surface area (Å²) in [7, 11) is 1.61. The second-order valence-electron chi connectivity index (χ2n) is 7.93. The van der Waals surface area contributed by atoms with E-state index in [1.54, 1.807) is 13.2 Å². The SMILES string of the molecule is CCCCCc1ccc2c3c(C(N)=O)cccc3n(Cc3ccc(OC)c(Cl)c3)c2c1. The molecule has 0 aliphatic rings. The first-order valence-electron chi connectivity index (χ1n) is 10.7. The lowest BCUT2D eigenvalue weighted by Gasteiger charge is -2.11. The minimum Gasteiger partial charge on any atom is -0.495 e. The van der Waals surface area contributed by atoms with Crippen molar-refractivity contribution in [2.75, 3.05) is 7.11 Å². The smallest absolute Gasteiger partial charge is 0.249 e. The number of hydrogen-bond acceptors (Lipinski definition) is 2. The summed E-state index contributed by atoms with van der Waals surface area (Å²) >= 11 is 6.37. The molecule has 4 rings (SSSR count). The minimum absolute atomic E-state index is 0.413. The lowest BCUT2D eigenvalue weighted by atomic mass is 10.0. The van der Waals surface area contributed by atoms with E-state index in [4.69, 9.17) is 22.1 Å². The predicted octanol–water partition coefficient (Wildman–Crippen LogP) is 6.34. The number of nitrogens with two attached hydrogens (primary N) is 1. The topological polar surface area (TPSA) is 57.2 Å². The zero-order valence-electron chi connectivity index (χ0n) is 18.0. The first-order valence-corrected chi connectivity index (χ1v) is 11.1. The molecule has 4 nitrogen and oxygen atoms in total. The summed E-state index contributed by atoms with van der Waals surface area (Å²) in [4.78, 5) is 12.2. The van der Waals surface area contributed by atoms with Gasteiger partial charge in [0.25, 0.3) is 0 Å². The molecular formula is C26H27ClN2O2. The second-order valence-corrected chi connectivity index (χ2v) is 8.33. The van der Waals surface area contributed by atoms with Gasteiger partial charge in [-0.1, -0.05) is 55.6 Å². The first-order chi connectivity index (χ1) is 15.0. The van der Waals surface area contributed by atoms with Gasteiger partial charge in [-0.2, -0.15) is 0 Å². The predicted molar refractivity (Wildman–Crippen MR) is 128 cm³/mol. The molecule has 0 aliphatic heterocycles. The highest BCUT2D eigenvalue weighted by Crippen LogP contribution is 2.34. The Morgan fingerprint density at radius 3 is 2.55 bits per heavy atom. The molecule has 5 heteroatoms. The fraction of sp³-hybridized carbons (Fsp3) is 0.269. The molecule has 0 bridgehead atoms. The van der Waals surface area contributed by atoms with Gasteiger partial charge in [0.2, 0.25) is 5.91 Å². The third-order valence-corrected chi connectivity index (χ3v) is 6.14. The highest BCUT2D eigenvalue weighted by atomic mass is 35.5. The summed E-state index contributed by atoms with van der Waals surface area (Å²) < 4.78 is 7.54. The number of nitrogens with zero attached hydrogens (tertiary/aromatic N) is 1. The van der Waals surface area contributed by atoms with Crippen molar-refractivity contribution in [3.05, 3.63) is 76.3 Å². The van der Waals surface area contributed by atoms with Crippen molar-refractivity contribution < 1.29 is 9.53 Å². The third kappa shape index (κ3) is 4.13. The molecule has 31 heavy (non-hydrogen) atoms. The van der Waals surface area contributed by atoms with Gasteiger partial charge in [-0.05, 0) is 54.3 Å². The van der Waals surface area contributed by atoms with E-state index in [9.17, 15) is 4.79 Å². The number of amides is 1. The zero-order chi connectivity index (χ0) is 22.0. The first kappa shape index (κ1) is 21.3. The zero-order valence-corrected chi connectivity index (χ0v) is 18.7. The molecule has 1 amide bonds. The van der Waals surface area contributed by atoms with Gasteiger partial charge in [-0.25, -0.2) is 0 Å². The van der Waals surface area contributed by atoms with E-state index in [-0.39, 0.29) is 0 Å². The van der Waals surface area contributed by atoms with Crippen molar-refractivity contribution in [1.82, 2.24) is 4.57 Å². The van der Waals surface area contributed by atoms with Crippen LogP contribution in [-0.2, 0) is 13.0 Å². The molecular weight excluding hydrogens is 408 g/mol. The Kier molecular flexibility index (Phi) is 6.19. The maximum absolute atomic E-state index is 12.2. The Balaban J connectivity index is 1.89. The second kappa shape index (κ2) is 9.03. The molecule has 3 aromatic carbocycles. The molecule has 0 spiro atoms. The fourth-order valence-electron chi connectivity index (χ4n) is 4.29. The number of aryl methyl sites for hydroxylation is 1. The Bertz CT molecular complexity index is 1260. The van der Waals surface area contributed by atoms with Crippen molar-refractivity contribution >= 4 is 39.3 Å². The van der Waals surface area contributed by atoms with E-state index < -0.39 is 5.91 Å². The van der Waals surface area contributed by atoms with Crippen molar-refractivity contribution in [2.24, 2.45) is 5.73 Å². The number of carbonyl (C=O) groups is 1. The van der Waals surface area contributed by atoms with E-state index in [0.29, 0.717) is 22.9 Å². The van der Waals surface area contributed by atoms with Crippen LogP contribution in [0.1, 0.15) is 47.7 Å². The average Bonchev–Trinajstić information content (AvgIpc) is 3.07. The van der Waals surface area contributed by atoms with E-state index in [1.807, 2.05) is 30.3 Å². The summed E-state index contributed by atoms with van der Waals surface area (Å²) in [6.45, 7) is 2.84. The number of primary amides is 1. The standard InChI is InChI=1S/C26H27ClN2O2/c1-3-4-5-7-17-10-12-19-23(15-17)29(16-18-11-13-24(31-2)21(27)14-18)22-9-6-8-20(25(19)22)26(28)30/h6,8-15H,3-5,7,16H2,1-2H3,(H2,28,30). The van der Waals surface area contributed by atoms with Crippen LogP contribution in [0.5, 0.6) is 5.75 Å². The number of methoxy groups -OCH3 is 1. The molecule has 160 valence electrons. The molecule has 4 aromatic rings. The van der Waals surface area contributed by atoms with Crippen LogP contribution in [0.15, 0.2) is 54.6 Å². The molecule has 0 radical (unpaired) electrons. The Labute approximate surface area is 187 Å². The summed E-state index contributed by atoms with van der Waals surface area (Å²) in [6.07, 6.45) is 4.63. The van der Waals surface area contributed by atoms with Crippen LogP contribution in [0.2, 0.25) is 5.02 Å². The number of hydrogen-bond donors (Lipinski definition) is 1. The average molecular weight is 435 g/mol. The Hall–Kier alpha value is -2.98. The number of aromatic nitrogens is 1. The number of unbranched alkanes of at least 4 members (excludes halogenated alkanes) is 2. The lowest BCUT2D eigenvalue weighted by molar-refractivity contribution is 0.100. The highest BCUT2D eigenvalue weighted by molar-refractivity contribution is 6.32. The van der Waals surface area contributed by atoms with Gasteiger partial charge in [-0.3, -0.25) is 4.79 Å². The molecule has 0 fully saturated rings. The number of rotatable bonds is 8. The fourth-order valence-corrected chi connectivity index (χ4v) is 4.57. The van der Waals surface area contributed by atoms with Crippen LogP contribution >= 0.6 is 11.6 Å². The number of carbonyl (C=O) groups excluding carboxylic acids is 1. The van der Waals surface area contributed by atoms with Crippen molar-refractivity contribution in [2.45, 2.75) is 39.2 Å².